The molecule has 2 N–H and O–H groups in total. The molecule has 0 aromatic heterocycles. The van der Waals surface area contributed by atoms with E-state index in [1.807, 2.05) is 4.90 Å². The fourth-order valence-electron chi connectivity index (χ4n) is 3.67. The van der Waals surface area contributed by atoms with Gasteiger partial charge in [0.05, 0.1) is 12.6 Å². The Balaban J connectivity index is 1.86. The van der Waals surface area contributed by atoms with Crippen molar-refractivity contribution in [2.45, 2.75) is 24.8 Å². The van der Waals surface area contributed by atoms with Crippen LogP contribution in [0.15, 0.2) is 12.1 Å². The van der Waals surface area contributed by atoms with Crippen LogP contribution >= 0.6 is 0 Å². The molecule has 0 radical (unpaired) electrons. The average molecular weight is 325 g/mol. The molecule has 23 heavy (non-hydrogen) atoms. The van der Waals surface area contributed by atoms with Crippen LogP contribution < -0.4 is 15.5 Å². The Hall–Kier alpha value is -1.24. The molecular formula is C17H25F2N3O. The molecule has 0 aliphatic carbocycles. The lowest BCUT2D eigenvalue weighted by Crippen LogP contribution is -2.53. The average Bonchev–Trinajstić information content (AvgIpc) is 2.56. The largest absolute Gasteiger partial charge is 0.383 e. The summed E-state index contributed by atoms with van der Waals surface area (Å²) in [6, 6.07) is 3.07. The highest BCUT2D eigenvalue weighted by Gasteiger charge is 2.27. The smallest absolute Gasteiger partial charge is 0.131 e. The lowest BCUT2D eigenvalue weighted by Gasteiger charge is -2.38. The Kier molecular flexibility index (Phi) is 5.46. The van der Waals surface area contributed by atoms with Crippen LogP contribution in [0.4, 0.5) is 14.5 Å². The number of nitrogens with zero attached hydrogens (tertiary/aromatic N) is 1. The predicted octanol–water partition coefficient (Wildman–Crippen LogP) is 1.86. The van der Waals surface area contributed by atoms with Crippen LogP contribution in [-0.4, -0.2) is 52.5 Å². The topological polar surface area (TPSA) is 36.5 Å². The monoisotopic (exact) mass is 325 g/mol. The fraction of sp³-hybridized carbons (Fsp3) is 0.647. The lowest BCUT2D eigenvalue weighted by atomic mass is 9.90. The molecule has 0 amide bonds. The summed E-state index contributed by atoms with van der Waals surface area (Å²) < 4.78 is 34.5. The summed E-state index contributed by atoms with van der Waals surface area (Å²) in [4.78, 5) is 2.04. The number of hydrogen-bond donors (Lipinski definition) is 2. The molecule has 2 atom stereocenters. The van der Waals surface area contributed by atoms with Crippen molar-refractivity contribution in [2.24, 2.45) is 0 Å². The standard InChI is InChI=1S/C17H25F2N3O/c1-23-11-14-10-21-5-6-22(14)13-7-15(18)17(16(19)8-13)12-3-2-4-20-9-12/h7-8,12,14,20-21H,2-6,9-11H2,1H3/t12-,14+/m0/s1. The molecule has 2 fully saturated rings. The number of nitrogens with one attached hydrogen (secondary N) is 2. The molecule has 2 aliphatic rings. The van der Waals surface area contributed by atoms with Crippen LogP contribution in [0.1, 0.15) is 24.3 Å². The molecule has 0 bridgehead atoms. The van der Waals surface area contributed by atoms with Gasteiger partial charge in [0, 0.05) is 50.5 Å². The van der Waals surface area contributed by atoms with Gasteiger partial charge in [-0.1, -0.05) is 0 Å². The highest BCUT2D eigenvalue weighted by molar-refractivity contribution is 5.51. The molecule has 0 spiro atoms. The van der Waals surface area contributed by atoms with E-state index in [0.29, 0.717) is 18.8 Å². The van der Waals surface area contributed by atoms with Crippen molar-refractivity contribution >= 4 is 5.69 Å². The van der Waals surface area contributed by atoms with Gasteiger partial charge in [-0.25, -0.2) is 8.78 Å². The third-order valence-electron chi connectivity index (χ3n) is 4.81. The van der Waals surface area contributed by atoms with E-state index in [0.717, 1.165) is 39.0 Å². The molecule has 1 aromatic rings. The Morgan fingerprint density at radius 2 is 1.91 bits per heavy atom. The molecule has 3 rings (SSSR count). The van der Waals surface area contributed by atoms with Gasteiger partial charge in [0.1, 0.15) is 11.6 Å². The van der Waals surface area contributed by atoms with Gasteiger partial charge < -0.3 is 20.3 Å². The Labute approximate surface area is 136 Å². The summed E-state index contributed by atoms with van der Waals surface area (Å²) in [6.45, 7) is 4.38. The summed E-state index contributed by atoms with van der Waals surface area (Å²) >= 11 is 0. The third-order valence-corrected chi connectivity index (χ3v) is 4.81. The van der Waals surface area contributed by atoms with Crippen molar-refractivity contribution in [1.29, 1.82) is 0 Å². The Morgan fingerprint density at radius 3 is 2.57 bits per heavy atom. The summed E-state index contributed by atoms with van der Waals surface area (Å²) in [5, 5.41) is 6.52. The second kappa shape index (κ2) is 7.55. The fourth-order valence-corrected chi connectivity index (χ4v) is 3.67. The van der Waals surface area contributed by atoms with Crippen molar-refractivity contribution in [1.82, 2.24) is 10.6 Å². The molecular weight excluding hydrogens is 300 g/mol. The maximum absolute atomic E-state index is 14.6. The molecule has 1 aromatic carbocycles. The van der Waals surface area contributed by atoms with Crippen molar-refractivity contribution in [3.05, 3.63) is 29.3 Å². The first kappa shape index (κ1) is 16.6. The summed E-state index contributed by atoms with van der Waals surface area (Å²) in [5.74, 6) is -0.928. The molecule has 0 unspecified atom stereocenters. The van der Waals surface area contributed by atoms with Crippen LogP contribution in [0, 0.1) is 11.6 Å². The van der Waals surface area contributed by atoms with Gasteiger partial charge >= 0.3 is 0 Å². The molecule has 6 heteroatoms. The van der Waals surface area contributed by atoms with E-state index in [1.54, 1.807) is 7.11 Å². The lowest BCUT2D eigenvalue weighted by molar-refractivity contribution is 0.170. The summed E-state index contributed by atoms with van der Waals surface area (Å²) in [6.07, 6.45) is 1.79. The SMILES string of the molecule is COC[C@H]1CNCCN1c1cc(F)c([C@H]2CCCNC2)c(F)c1. The maximum Gasteiger partial charge on any atom is 0.131 e. The number of hydrogen-bond acceptors (Lipinski definition) is 4. The van der Waals surface area contributed by atoms with Crippen molar-refractivity contribution < 1.29 is 13.5 Å². The second-order valence-electron chi connectivity index (χ2n) is 6.37. The molecule has 2 saturated heterocycles. The number of halogens is 2. The number of benzene rings is 1. The molecule has 0 saturated carbocycles. The number of piperidine rings is 1. The predicted molar refractivity (Wildman–Crippen MR) is 87.1 cm³/mol. The number of methoxy groups -OCH3 is 1. The van der Waals surface area contributed by atoms with Crippen molar-refractivity contribution in [3.8, 4) is 0 Å². The summed E-state index contributed by atoms with van der Waals surface area (Å²) in [5.41, 5.74) is 0.843. The van der Waals surface area contributed by atoms with Crippen LogP contribution in [0.25, 0.3) is 0 Å². The highest BCUT2D eigenvalue weighted by Crippen LogP contribution is 2.32. The zero-order valence-electron chi connectivity index (χ0n) is 13.6. The van der Waals surface area contributed by atoms with Crippen LogP contribution in [0.2, 0.25) is 0 Å². The van der Waals surface area contributed by atoms with Gasteiger partial charge in [0.25, 0.3) is 0 Å². The minimum Gasteiger partial charge on any atom is -0.383 e. The molecule has 2 aliphatic heterocycles. The van der Waals surface area contributed by atoms with Gasteiger partial charge in [-0.15, -0.1) is 0 Å². The van der Waals surface area contributed by atoms with E-state index >= 15 is 0 Å². The van der Waals surface area contributed by atoms with Gasteiger partial charge in [-0.2, -0.15) is 0 Å². The van der Waals surface area contributed by atoms with Gasteiger partial charge in [-0.05, 0) is 31.5 Å². The number of piperazine rings is 1. The zero-order valence-corrected chi connectivity index (χ0v) is 13.6. The van der Waals surface area contributed by atoms with Crippen molar-refractivity contribution in [3.63, 3.8) is 0 Å². The van der Waals surface area contributed by atoms with E-state index in [-0.39, 0.29) is 17.5 Å². The van der Waals surface area contributed by atoms with E-state index in [2.05, 4.69) is 10.6 Å². The minimum absolute atomic E-state index is 0.0735. The van der Waals surface area contributed by atoms with Gasteiger partial charge in [-0.3, -0.25) is 0 Å². The maximum atomic E-state index is 14.6. The van der Waals surface area contributed by atoms with Crippen LogP contribution in [0.3, 0.4) is 0 Å². The van der Waals surface area contributed by atoms with E-state index < -0.39 is 11.6 Å². The zero-order chi connectivity index (χ0) is 16.2. The van der Waals surface area contributed by atoms with Crippen LogP contribution in [0.5, 0.6) is 0 Å². The Bertz CT molecular complexity index is 510. The summed E-state index contributed by atoms with van der Waals surface area (Å²) in [7, 11) is 1.65. The van der Waals surface area contributed by atoms with Crippen LogP contribution in [-0.2, 0) is 4.74 Å². The number of ether oxygens (including phenoxy) is 1. The normalized spacial score (nSPS) is 25.6. The first-order chi connectivity index (χ1) is 11.2. The first-order valence-electron chi connectivity index (χ1n) is 8.36. The van der Waals surface area contributed by atoms with Gasteiger partial charge in [0.15, 0.2) is 0 Å². The van der Waals surface area contributed by atoms with E-state index in [1.165, 1.54) is 12.1 Å². The quantitative estimate of drug-likeness (QED) is 0.886. The second-order valence-corrected chi connectivity index (χ2v) is 6.37. The van der Waals surface area contributed by atoms with E-state index in [9.17, 15) is 8.78 Å². The van der Waals surface area contributed by atoms with Crippen molar-refractivity contribution in [2.75, 3.05) is 51.3 Å². The first-order valence-corrected chi connectivity index (χ1v) is 8.36. The third kappa shape index (κ3) is 3.65. The number of rotatable bonds is 4. The minimum atomic E-state index is -0.427. The molecule has 128 valence electrons. The highest BCUT2D eigenvalue weighted by atomic mass is 19.1. The molecule has 2 heterocycles. The number of anilines is 1. The van der Waals surface area contributed by atoms with E-state index in [4.69, 9.17) is 4.74 Å². The van der Waals surface area contributed by atoms with Gasteiger partial charge in [0.2, 0.25) is 0 Å². The molecule has 4 nitrogen and oxygen atoms in total. The Morgan fingerprint density at radius 1 is 1.17 bits per heavy atom.